The first-order valence-corrected chi connectivity index (χ1v) is 11.3. The summed E-state index contributed by atoms with van der Waals surface area (Å²) in [6, 6.07) is 16.7. The number of amides is 1. The molecule has 0 saturated carbocycles. The standard InChI is InChI=1S/C23H23N3O4S/c1-16-6-4-8-19(12-16)31(28,29)26-22(23(27)25-15-18-7-5-11-30-18)13-17-14-24-21-10-3-2-9-20(17)21/h2-12,14,22,24,26H,13,15H2,1H3,(H,25,27)/t22-/m0/s1. The number of aromatic amines is 1. The average molecular weight is 438 g/mol. The Hall–Kier alpha value is -3.36. The lowest BCUT2D eigenvalue weighted by Gasteiger charge is -2.18. The van der Waals surface area contributed by atoms with Gasteiger partial charge in [-0.3, -0.25) is 4.79 Å². The van der Waals surface area contributed by atoms with Crippen molar-refractivity contribution in [3.63, 3.8) is 0 Å². The summed E-state index contributed by atoms with van der Waals surface area (Å²) in [6.07, 6.45) is 3.52. The van der Waals surface area contributed by atoms with Crippen LogP contribution in [0.3, 0.4) is 0 Å². The van der Waals surface area contributed by atoms with Gasteiger partial charge in [-0.2, -0.15) is 4.72 Å². The van der Waals surface area contributed by atoms with Gasteiger partial charge in [0, 0.05) is 17.1 Å². The van der Waals surface area contributed by atoms with Crippen LogP contribution < -0.4 is 10.0 Å². The highest BCUT2D eigenvalue weighted by Crippen LogP contribution is 2.20. The second kappa shape index (κ2) is 8.79. The first-order valence-electron chi connectivity index (χ1n) is 9.86. The summed E-state index contributed by atoms with van der Waals surface area (Å²) in [5.41, 5.74) is 2.59. The highest BCUT2D eigenvalue weighted by Gasteiger charge is 2.27. The minimum Gasteiger partial charge on any atom is -0.467 e. The van der Waals surface area contributed by atoms with Crippen molar-refractivity contribution in [3.05, 3.63) is 90.0 Å². The van der Waals surface area contributed by atoms with E-state index in [0.717, 1.165) is 22.0 Å². The van der Waals surface area contributed by atoms with Crippen molar-refractivity contribution >= 4 is 26.8 Å². The zero-order valence-electron chi connectivity index (χ0n) is 17.0. The molecular weight excluding hydrogens is 414 g/mol. The summed E-state index contributed by atoms with van der Waals surface area (Å²) >= 11 is 0. The molecule has 7 nitrogen and oxygen atoms in total. The van der Waals surface area contributed by atoms with Gasteiger partial charge >= 0.3 is 0 Å². The summed E-state index contributed by atoms with van der Waals surface area (Å²) < 4.78 is 33.9. The molecule has 0 saturated heterocycles. The van der Waals surface area contributed by atoms with Gasteiger partial charge in [0.25, 0.3) is 0 Å². The number of H-pyrrole nitrogens is 1. The Morgan fingerprint density at radius 1 is 1.10 bits per heavy atom. The molecule has 4 aromatic rings. The van der Waals surface area contributed by atoms with E-state index in [1.54, 1.807) is 30.5 Å². The SMILES string of the molecule is Cc1cccc(S(=O)(=O)N[C@@H](Cc2c[nH]c3ccccc23)C(=O)NCc2ccco2)c1. The van der Waals surface area contributed by atoms with Crippen molar-refractivity contribution < 1.29 is 17.6 Å². The predicted molar refractivity (Wildman–Crippen MR) is 118 cm³/mol. The van der Waals surface area contributed by atoms with E-state index in [-0.39, 0.29) is 17.9 Å². The van der Waals surface area contributed by atoms with Gasteiger partial charge in [0.1, 0.15) is 11.8 Å². The third kappa shape index (κ3) is 4.87. The van der Waals surface area contributed by atoms with Crippen molar-refractivity contribution in [2.24, 2.45) is 0 Å². The number of furan rings is 1. The molecule has 0 fully saturated rings. The molecule has 3 N–H and O–H groups in total. The number of aryl methyl sites for hydroxylation is 1. The summed E-state index contributed by atoms with van der Waals surface area (Å²) in [7, 11) is -3.90. The topological polar surface area (TPSA) is 104 Å². The zero-order chi connectivity index (χ0) is 21.8. The second-order valence-corrected chi connectivity index (χ2v) is 9.07. The Bertz CT molecular complexity index is 1290. The number of carbonyl (C=O) groups excluding carboxylic acids is 1. The van der Waals surface area contributed by atoms with Gasteiger partial charge in [0.05, 0.1) is 17.7 Å². The summed E-state index contributed by atoms with van der Waals surface area (Å²) in [5, 5.41) is 3.71. The molecule has 0 aliphatic heterocycles. The molecule has 4 rings (SSSR count). The summed E-state index contributed by atoms with van der Waals surface area (Å²) in [5.74, 6) is 0.152. The van der Waals surface area contributed by atoms with Crippen LogP contribution in [0.4, 0.5) is 0 Å². The van der Waals surface area contributed by atoms with E-state index in [2.05, 4.69) is 15.0 Å². The number of sulfonamides is 1. The Morgan fingerprint density at radius 2 is 1.94 bits per heavy atom. The highest BCUT2D eigenvalue weighted by molar-refractivity contribution is 7.89. The summed E-state index contributed by atoms with van der Waals surface area (Å²) in [6.45, 7) is 1.99. The van der Waals surface area contributed by atoms with Crippen LogP contribution in [0.5, 0.6) is 0 Å². The fourth-order valence-corrected chi connectivity index (χ4v) is 4.76. The van der Waals surface area contributed by atoms with Crippen LogP contribution >= 0.6 is 0 Å². The molecule has 0 spiro atoms. The second-order valence-electron chi connectivity index (χ2n) is 7.35. The van der Waals surface area contributed by atoms with Crippen molar-refractivity contribution in [1.29, 1.82) is 0 Å². The van der Waals surface area contributed by atoms with E-state index >= 15 is 0 Å². The van der Waals surface area contributed by atoms with Gasteiger partial charge in [-0.15, -0.1) is 0 Å². The number of para-hydroxylation sites is 1. The van der Waals surface area contributed by atoms with Crippen LogP contribution in [0.25, 0.3) is 10.9 Å². The fraction of sp³-hybridized carbons (Fsp3) is 0.174. The minimum absolute atomic E-state index is 0.121. The molecule has 0 radical (unpaired) electrons. The molecule has 0 aliphatic rings. The number of hydrogen-bond donors (Lipinski definition) is 3. The average Bonchev–Trinajstić information content (AvgIpc) is 3.42. The summed E-state index contributed by atoms with van der Waals surface area (Å²) in [4.78, 5) is 16.3. The number of nitrogens with one attached hydrogen (secondary N) is 3. The molecule has 0 bridgehead atoms. The number of carbonyl (C=O) groups is 1. The molecule has 160 valence electrons. The quantitative estimate of drug-likeness (QED) is 0.393. The predicted octanol–water partition coefficient (Wildman–Crippen LogP) is 3.28. The van der Waals surface area contributed by atoms with Gasteiger partial charge in [-0.25, -0.2) is 8.42 Å². The minimum atomic E-state index is -3.90. The Labute approximate surface area is 180 Å². The highest BCUT2D eigenvalue weighted by atomic mass is 32.2. The maximum atomic E-state index is 13.0. The molecule has 31 heavy (non-hydrogen) atoms. The number of aromatic nitrogens is 1. The van der Waals surface area contributed by atoms with Gasteiger partial charge in [0.15, 0.2) is 0 Å². The Kier molecular flexibility index (Phi) is 5.92. The molecule has 0 unspecified atom stereocenters. The van der Waals surface area contributed by atoms with E-state index in [9.17, 15) is 13.2 Å². The monoisotopic (exact) mass is 437 g/mol. The zero-order valence-corrected chi connectivity index (χ0v) is 17.8. The first-order chi connectivity index (χ1) is 14.9. The third-order valence-electron chi connectivity index (χ3n) is 5.03. The van der Waals surface area contributed by atoms with Gasteiger partial charge < -0.3 is 14.7 Å². The maximum absolute atomic E-state index is 13.0. The molecule has 0 aliphatic carbocycles. The molecule has 1 atom stereocenters. The smallest absolute Gasteiger partial charge is 0.241 e. The Morgan fingerprint density at radius 3 is 2.71 bits per heavy atom. The molecule has 2 aromatic heterocycles. The van der Waals surface area contributed by atoms with Crippen LogP contribution in [-0.4, -0.2) is 25.4 Å². The van der Waals surface area contributed by atoms with E-state index in [1.807, 2.05) is 37.3 Å². The van der Waals surface area contributed by atoms with Crippen molar-refractivity contribution in [2.75, 3.05) is 0 Å². The fourth-order valence-electron chi connectivity index (χ4n) is 3.46. The van der Waals surface area contributed by atoms with Gasteiger partial charge in [-0.1, -0.05) is 30.3 Å². The number of hydrogen-bond acceptors (Lipinski definition) is 4. The van der Waals surface area contributed by atoms with Crippen molar-refractivity contribution in [3.8, 4) is 0 Å². The molecule has 2 aromatic carbocycles. The van der Waals surface area contributed by atoms with Crippen LogP contribution in [0.15, 0.2) is 82.4 Å². The van der Waals surface area contributed by atoms with Crippen LogP contribution in [0.1, 0.15) is 16.9 Å². The van der Waals surface area contributed by atoms with E-state index in [1.165, 1.54) is 12.3 Å². The lowest BCUT2D eigenvalue weighted by molar-refractivity contribution is -0.122. The van der Waals surface area contributed by atoms with E-state index in [0.29, 0.717) is 5.76 Å². The van der Waals surface area contributed by atoms with Gasteiger partial charge in [-0.05, 0) is 54.8 Å². The normalized spacial score (nSPS) is 12.7. The molecular formula is C23H23N3O4S. The number of benzene rings is 2. The lowest BCUT2D eigenvalue weighted by atomic mass is 10.1. The first kappa shape index (κ1) is 20.9. The van der Waals surface area contributed by atoms with E-state index in [4.69, 9.17) is 4.42 Å². The van der Waals surface area contributed by atoms with Crippen LogP contribution in [-0.2, 0) is 27.8 Å². The molecule has 8 heteroatoms. The third-order valence-corrected chi connectivity index (χ3v) is 6.50. The van der Waals surface area contributed by atoms with Crippen LogP contribution in [0.2, 0.25) is 0 Å². The molecule has 1 amide bonds. The molecule has 2 heterocycles. The Balaban J connectivity index is 1.60. The van der Waals surface area contributed by atoms with Crippen LogP contribution in [0, 0.1) is 6.92 Å². The van der Waals surface area contributed by atoms with Crippen molar-refractivity contribution in [2.45, 2.75) is 30.8 Å². The lowest BCUT2D eigenvalue weighted by Crippen LogP contribution is -2.47. The maximum Gasteiger partial charge on any atom is 0.241 e. The number of rotatable bonds is 8. The van der Waals surface area contributed by atoms with Crippen molar-refractivity contribution in [1.82, 2.24) is 15.0 Å². The van der Waals surface area contributed by atoms with E-state index < -0.39 is 22.0 Å². The largest absolute Gasteiger partial charge is 0.467 e. The number of fused-ring (bicyclic) bond motifs is 1. The van der Waals surface area contributed by atoms with Gasteiger partial charge in [0.2, 0.25) is 15.9 Å².